The summed E-state index contributed by atoms with van der Waals surface area (Å²) in [6.07, 6.45) is 2.60. The predicted molar refractivity (Wildman–Crippen MR) is 63.8 cm³/mol. The first-order valence-electron chi connectivity index (χ1n) is 5.46. The first-order valence-corrected chi connectivity index (χ1v) is 5.46. The van der Waals surface area contributed by atoms with Crippen LogP contribution in [0.3, 0.4) is 0 Å². The summed E-state index contributed by atoms with van der Waals surface area (Å²) in [5.41, 5.74) is 1.32. The van der Waals surface area contributed by atoms with Gasteiger partial charge in [0.05, 0.1) is 0 Å². The van der Waals surface area contributed by atoms with E-state index in [1.807, 2.05) is 0 Å². The summed E-state index contributed by atoms with van der Waals surface area (Å²) >= 11 is 0. The molecule has 14 heavy (non-hydrogen) atoms. The summed E-state index contributed by atoms with van der Waals surface area (Å²) in [7, 11) is 2.16. The van der Waals surface area contributed by atoms with Gasteiger partial charge in [-0.2, -0.15) is 0 Å². The number of hydrogen-bond acceptors (Lipinski definition) is 1. The smallest absolute Gasteiger partial charge is 0.0363 e. The molecule has 0 bridgehead atoms. The van der Waals surface area contributed by atoms with E-state index in [2.05, 4.69) is 56.1 Å². The molecule has 0 aromatic heterocycles. The van der Waals surface area contributed by atoms with Crippen LogP contribution in [0.2, 0.25) is 0 Å². The molecule has 0 N–H and O–H groups in total. The molecule has 0 radical (unpaired) electrons. The molecule has 0 aliphatic rings. The standard InChI is InChI=1S/C13H21N/c1-12(2)8-7-11-14(3)13-9-5-4-6-10-13/h4-6,9-10,12H,7-8,11H2,1-3H3. The third kappa shape index (κ3) is 3.82. The van der Waals surface area contributed by atoms with Gasteiger partial charge in [0, 0.05) is 19.3 Å². The minimum Gasteiger partial charge on any atom is -0.375 e. The number of nitrogens with zero attached hydrogens (tertiary/aromatic N) is 1. The molecule has 78 valence electrons. The van der Waals surface area contributed by atoms with E-state index in [4.69, 9.17) is 0 Å². The fourth-order valence-corrected chi connectivity index (χ4v) is 1.55. The fourth-order valence-electron chi connectivity index (χ4n) is 1.55. The average Bonchev–Trinajstić information content (AvgIpc) is 2.18. The van der Waals surface area contributed by atoms with Gasteiger partial charge in [0.2, 0.25) is 0 Å². The molecular weight excluding hydrogens is 170 g/mol. The molecule has 0 saturated heterocycles. The summed E-state index contributed by atoms with van der Waals surface area (Å²) < 4.78 is 0. The van der Waals surface area contributed by atoms with Crippen LogP contribution in [0.1, 0.15) is 26.7 Å². The molecule has 0 aliphatic carbocycles. The molecule has 0 unspecified atom stereocenters. The number of hydrogen-bond donors (Lipinski definition) is 0. The van der Waals surface area contributed by atoms with Crippen molar-refractivity contribution in [1.82, 2.24) is 0 Å². The van der Waals surface area contributed by atoms with E-state index in [9.17, 15) is 0 Å². The highest BCUT2D eigenvalue weighted by Gasteiger charge is 2.00. The molecule has 1 aromatic rings. The molecule has 0 saturated carbocycles. The zero-order valence-electron chi connectivity index (χ0n) is 9.53. The van der Waals surface area contributed by atoms with Crippen molar-refractivity contribution < 1.29 is 0 Å². The third-order valence-corrected chi connectivity index (χ3v) is 2.47. The lowest BCUT2D eigenvalue weighted by Crippen LogP contribution is -2.18. The quantitative estimate of drug-likeness (QED) is 0.688. The van der Waals surface area contributed by atoms with Gasteiger partial charge in [-0.1, -0.05) is 32.0 Å². The van der Waals surface area contributed by atoms with E-state index in [1.54, 1.807) is 0 Å². The molecule has 0 fully saturated rings. The van der Waals surface area contributed by atoms with Gasteiger partial charge in [0.15, 0.2) is 0 Å². The minimum absolute atomic E-state index is 0.819. The maximum absolute atomic E-state index is 2.32. The third-order valence-electron chi connectivity index (χ3n) is 2.47. The largest absolute Gasteiger partial charge is 0.375 e. The monoisotopic (exact) mass is 191 g/mol. The maximum Gasteiger partial charge on any atom is 0.0363 e. The zero-order chi connectivity index (χ0) is 10.4. The van der Waals surface area contributed by atoms with Crippen molar-refractivity contribution >= 4 is 5.69 Å². The summed E-state index contributed by atoms with van der Waals surface area (Å²) in [4.78, 5) is 2.32. The Morgan fingerprint density at radius 2 is 1.79 bits per heavy atom. The Bertz CT molecular complexity index is 241. The fraction of sp³-hybridized carbons (Fsp3) is 0.538. The van der Waals surface area contributed by atoms with Crippen LogP contribution in [-0.2, 0) is 0 Å². The topological polar surface area (TPSA) is 3.24 Å². The molecule has 1 heteroatoms. The molecule has 1 nitrogen and oxygen atoms in total. The molecule has 1 aromatic carbocycles. The SMILES string of the molecule is CC(C)CCCN(C)c1ccccc1. The van der Waals surface area contributed by atoms with Gasteiger partial charge >= 0.3 is 0 Å². The van der Waals surface area contributed by atoms with Crippen LogP contribution in [0.5, 0.6) is 0 Å². The predicted octanol–water partition coefficient (Wildman–Crippen LogP) is 3.56. The Balaban J connectivity index is 2.32. The van der Waals surface area contributed by atoms with E-state index < -0.39 is 0 Å². The molecule has 1 rings (SSSR count). The first kappa shape index (κ1) is 11.1. The van der Waals surface area contributed by atoms with E-state index in [-0.39, 0.29) is 0 Å². The van der Waals surface area contributed by atoms with Crippen molar-refractivity contribution in [2.45, 2.75) is 26.7 Å². The van der Waals surface area contributed by atoms with Gasteiger partial charge in [-0.25, -0.2) is 0 Å². The van der Waals surface area contributed by atoms with Crippen LogP contribution >= 0.6 is 0 Å². The maximum atomic E-state index is 2.32. The Labute approximate surface area is 87.7 Å². The van der Waals surface area contributed by atoms with Crippen molar-refractivity contribution in [2.75, 3.05) is 18.5 Å². The summed E-state index contributed by atoms with van der Waals surface area (Å²) in [6.45, 7) is 5.72. The van der Waals surface area contributed by atoms with Crippen molar-refractivity contribution in [3.05, 3.63) is 30.3 Å². The van der Waals surface area contributed by atoms with Crippen molar-refractivity contribution in [1.29, 1.82) is 0 Å². The van der Waals surface area contributed by atoms with Gasteiger partial charge in [0.1, 0.15) is 0 Å². The van der Waals surface area contributed by atoms with Crippen LogP contribution in [0.4, 0.5) is 5.69 Å². The highest BCUT2D eigenvalue weighted by Crippen LogP contribution is 2.12. The second kappa shape index (κ2) is 5.69. The lowest BCUT2D eigenvalue weighted by Gasteiger charge is -2.19. The lowest BCUT2D eigenvalue weighted by molar-refractivity contribution is 0.556. The van der Waals surface area contributed by atoms with Crippen LogP contribution in [0.25, 0.3) is 0 Å². The molecular formula is C13H21N. The van der Waals surface area contributed by atoms with Crippen molar-refractivity contribution in [3.8, 4) is 0 Å². The average molecular weight is 191 g/mol. The van der Waals surface area contributed by atoms with Crippen LogP contribution in [0.15, 0.2) is 30.3 Å². The number of benzene rings is 1. The van der Waals surface area contributed by atoms with Crippen molar-refractivity contribution in [3.63, 3.8) is 0 Å². The van der Waals surface area contributed by atoms with Gasteiger partial charge in [-0.05, 0) is 30.9 Å². The summed E-state index contributed by atoms with van der Waals surface area (Å²) in [6, 6.07) is 10.6. The van der Waals surface area contributed by atoms with E-state index in [1.165, 1.54) is 18.5 Å². The number of anilines is 1. The second-order valence-corrected chi connectivity index (χ2v) is 4.29. The van der Waals surface area contributed by atoms with Gasteiger partial charge in [-0.3, -0.25) is 0 Å². The summed E-state index contributed by atoms with van der Waals surface area (Å²) in [5.74, 6) is 0.819. The summed E-state index contributed by atoms with van der Waals surface area (Å²) in [5, 5.41) is 0. The van der Waals surface area contributed by atoms with E-state index >= 15 is 0 Å². The Hall–Kier alpha value is -0.980. The van der Waals surface area contributed by atoms with Crippen LogP contribution in [-0.4, -0.2) is 13.6 Å². The van der Waals surface area contributed by atoms with E-state index in [0.717, 1.165) is 12.5 Å². The minimum atomic E-state index is 0.819. The number of rotatable bonds is 5. The molecule has 0 amide bonds. The Morgan fingerprint density at radius 1 is 1.14 bits per heavy atom. The molecule has 0 spiro atoms. The highest BCUT2D eigenvalue weighted by molar-refractivity contribution is 5.44. The van der Waals surface area contributed by atoms with E-state index in [0.29, 0.717) is 0 Å². The zero-order valence-corrected chi connectivity index (χ0v) is 9.53. The first-order chi connectivity index (χ1) is 6.70. The van der Waals surface area contributed by atoms with Crippen molar-refractivity contribution in [2.24, 2.45) is 5.92 Å². The normalized spacial score (nSPS) is 10.6. The van der Waals surface area contributed by atoms with Gasteiger partial charge < -0.3 is 4.90 Å². The van der Waals surface area contributed by atoms with Crippen LogP contribution < -0.4 is 4.90 Å². The Kier molecular flexibility index (Phi) is 4.51. The van der Waals surface area contributed by atoms with Crippen LogP contribution in [0, 0.1) is 5.92 Å². The second-order valence-electron chi connectivity index (χ2n) is 4.29. The molecule has 0 aliphatic heterocycles. The van der Waals surface area contributed by atoms with Gasteiger partial charge in [0.25, 0.3) is 0 Å². The molecule has 0 atom stereocenters. The number of para-hydroxylation sites is 1. The lowest BCUT2D eigenvalue weighted by atomic mass is 10.1. The Morgan fingerprint density at radius 3 is 2.36 bits per heavy atom. The highest BCUT2D eigenvalue weighted by atomic mass is 15.1. The van der Waals surface area contributed by atoms with Gasteiger partial charge in [-0.15, -0.1) is 0 Å². The molecule has 0 heterocycles.